The SMILES string of the molecule is CCCCC(COC)NCC(C)CCO. The average Bonchev–Trinajstić information content (AvgIpc) is 2.22. The maximum atomic E-state index is 8.79. The van der Waals surface area contributed by atoms with E-state index >= 15 is 0 Å². The van der Waals surface area contributed by atoms with Crippen molar-refractivity contribution in [1.82, 2.24) is 5.32 Å². The summed E-state index contributed by atoms with van der Waals surface area (Å²) in [6.45, 7) is 6.40. The highest BCUT2D eigenvalue weighted by Crippen LogP contribution is 2.04. The maximum Gasteiger partial charge on any atom is 0.0615 e. The highest BCUT2D eigenvalue weighted by atomic mass is 16.5. The van der Waals surface area contributed by atoms with Gasteiger partial charge in [-0.25, -0.2) is 0 Å². The third-order valence-electron chi connectivity index (χ3n) is 2.65. The van der Waals surface area contributed by atoms with Crippen LogP contribution in [0.2, 0.25) is 0 Å². The number of unbranched alkanes of at least 4 members (excludes halogenated alkanes) is 1. The van der Waals surface area contributed by atoms with Gasteiger partial charge >= 0.3 is 0 Å². The van der Waals surface area contributed by atoms with Gasteiger partial charge in [-0.3, -0.25) is 0 Å². The Balaban J connectivity index is 3.63. The summed E-state index contributed by atoms with van der Waals surface area (Å²) in [7, 11) is 1.75. The fourth-order valence-electron chi connectivity index (χ4n) is 1.59. The van der Waals surface area contributed by atoms with Gasteiger partial charge in [0.15, 0.2) is 0 Å². The Labute approximate surface area is 94.2 Å². The molecule has 0 fully saturated rings. The molecule has 0 saturated carbocycles. The van der Waals surface area contributed by atoms with Crippen LogP contribution in [-0.2, 0) is 4.74 Å². The summed E-state index contributed by atoms with van der Waals surface area (Å²) in [6, 6.07) is 0.469. The van der Waals surface area contributed by atoms with E-state index in [0.29, 0.717) is 12.0 Å². The van der Waals surface area contributed by atoms with Gasteiger partial charge in [0.2, 0.25) is 0 Å². The van der Waals surface area contributed by atoms with Gasteiger partial charge < -0.3 is 15.2 Å². The van der Waals surface area contributed by atoms with Gasteiger partial charge in [0.1, 0.15) is 0 Å². The first-order valence-electron chi connectivity index (χ1n) is 6.07. The number of nitrogens with one attached hydrogen (secondary N) is 1. The second-order valence-electron chi connectivity index (χ2n) is 4.32. The third-order valence-corrected chi connectivity index (χ3v) is 2.65. The van der Waals surface area contributed by atoms with Gasteiger partial charge in [-0.05, 0) is 25.3 Å². The molecular formula is C12H27NO2. The van der Waals surface area contributed by atoms with E-state index in [4.69, 9.17) is 9.84 Å². The lowest BCUT2D eigenvalue weighted by Crippen LogP contribution is -2.36. The summed E-state index contributed by atoms with van der Waals surface area (Å²) >= 11 is 0. The number of aliphatic hydroxyl groups excluding tert-OH is 1. The molecule has 0 aromatic heterocycles. The zero-order valence-corrected chi connectivity index (χ0v) is 10.5. The van der Waals surface area contributed by atoms with Crippen LogP contribution in [0.4, 0.5) is 0 Å². The minimum absolute atomic E-state index is 0.284. The first-order valence-corrected chi connectivity index (χ1v) is 6.07. The Kier molecular flexibility index (Phi) is 10.3. The Morgan fingerprint density at radius 1 is 1.33 bits per heavy atom. The standard InChI is InChI=1S/C12H27NO2/c1-4-5-6-12(10-15-3)13-9-11(2)7-8-14/h11-14H,4-10H2,1-3H3. The van der Waals surface area contributed by atoms with Gasteiger partial charge in [-0.1, -0.05) is 26.7 Å². The smallest absolute Gasteiger partial charge is 0.0615 e. The molecular weight excluding hydrogens is 190 g/mol. The predicted molar refractivity (Wildman–Crippen MR) is 64.1 cm³/mol. The van der Waals surface area contributed by atoms with Crippen molar-refractivity contribution in [1.29, 1.82) is 0 Å². The van der Waals surface area contributed by atoms with Crippen molar-refractivity contribution >= 4 is 0 Å². The Hall–Kier alpha value is -0.120. The van der Waals surface area contributed by atoms with E-state index in [2.05, 4.69) is 19.2 Å². The monoisotopic (exact) mass is 217 g/mol. The summed E-state index contributed by atoms with van der Waals surface area (Å²) in [5.74, 6) is 0.538. The van der Waals surface area contributed by atoms with E-state index < -0.39 is 0 Å². The summed E-state index contributed by atoms with van der Waals surface area (Å²) in [5.41, 5.74) is 0. The summed E-state index contributed by atoms with van der Waals surface area (Å²) in [5, 5.41) is 12.3. The van der Waals surface area contributed by atoms with Crippen molar-refractivity contribution in [3.63, 3.8) is 0 Å². The molecule has 0 aromatic carbocycles. The van der Waals surface area contributed by atoms with Crippen LogP contribution in [0.3, 0.4) is 0 Å². The number of hydrogen-bond donors (Lipinski definition) is 2. The Bertz CT molecular complexity index is 131. The normalized spacial score (nSPS) is 15.2. The maximum absolute atomic E-state index is 8.79. The van der Waals surface area contributed by atoms with Crippen LogP contribution < -0.4 is 5.32 Å². The Morgan fingerprint density at radius 3 is 2.60 bits per heavy atom. The van der Waals surface area contributed by atoms with Crippen LogP contribution in [0.5, 0.6) is 0 Å². The summed E-state index contributed by atoms with van der Waals surface area (Å²) in [6.07, 6.45) is 4.53. The highest BCUT2D eigenvalue weighted by Gasteiger charge is 2.09. The molecule has 0 aliphatic rings. The number of rotatable bonds is 10. The van der Waals surface area contributed by atoms with Crippen LogP contribution in [0.25, 0.3) is 0 Å². The van der Waals surface area contributed by atoms with Crippen molar-refractivity contribution in [2.24, 2.45) is 5.92 Å². The van der Waals surface area contributed by atoms with Crippen molar-refractivity contribution < 1.29 is 9.84 Å². The van der Waals surface area contributed by atoms with Gasteiger partial charge in [0, 0.05) is 19.8 Å². The summed E-state index contributed by atoms with van der Waals surface area (Å²) in [4.78, 5) is 0. The number of methoxy groups -OCH3 is 1. The first-order chi connectivity index (χ1) is 7.24. The fourth-order valence-corrected chi connectivity index (χ4v) is 1.59. The van der Waals surface area contributed by atoms with Crippen LogP contribution in [0.15, 0.2) is 0 Å². The number of hydrogen-bond acceptors (Lipinski definition) is 3. The molecule has 0 aliphatic carbocycles. The number of aliphatic hydroxyl groups is 1. The number of ether oxygens (including phenoxy) is 1. The molecule has 0 spiro atoms. The second-order valence-corrected chi connectivity index (χ2v) is 4.32. The second kappa shape index (κ2) is 10.4. The Morgan fingerprint density at radius 2 is 2.07 bits per heavy atom. The van der Waals surface area contributed by atoms with Crippen molar-refractivity contribution in [3.05, 3.63) is 0 Å². The lowest BCUT2D eigenvalue weighted by molar-refractivity contribution is 0.157. The highest BCUT2D eigenvalue weighted by molar-refractivity contribution is 4.68. The molecule has 3 nitrogen and oxygen atoms in total. The van der Waals surface area contributed by atoms with Crippen molar-refractivity contribution in [3.8, 4) is 0 Å². The zero-order chi connectivity index (χ0) is 11.5. The van der Waals surface area contributed by atoms with E-state index in [-0.39, 0.29) is 6.61 Å². The van der Waals surface area contributed by atoms with Crippen LogP contribution in [0.1, 0.15) is 39.5 Å². The lowest BCUT2D eigenvalue weighted by Gasteiger charge is -2.20. The van der Waals surface area contributed by atoms with E-state index in [9.17, 15) is 0 Å². The molecule has 2 unspecified atom stereocenters. The molecule has 0 radical (unpaired) electrons. The van der Waals surface area contributed by atoms with E-state index in [1.165, 1.54) is 19.3 Å². The molecule has 0 rings (SSSR count). The van der Waals surface area contributed by atoms with Gasteiger partial charge in [-0.2, -0.15) is 0 Å². The predicted octanol–water partition coefficient (Wildman–Crippen LogP) is 1.80. The largest absolute Gasteiger partial charge is 0.396 e. The molecule has 0 saturated heterocycles. The van der Waals surface area contributed by atoms with E-state index in [1.807, 2.05) is 0 Å². The van der Waals surface area contributed by atoms with Crippen molar-refractivity contribution in [2.45, 2.75) is 45.6 Å². The molecule has 0 aromatic rings. The average molecular weight is 217 g/mol. The molecule has 92 valence electrons. The van der Waals surface area contributed by atoms with E-state index in [1.54, 1.807) is 7.11 Å². The zero-order valence-electron chi connectivity index (χ0n) is 10.5. The molecule has 2 N–H and O–H groups in total. The first kappa shape index (κ1) is 14.9. The van der Waals surface area contributed by atoms with E-state index in [0.717, 1.165) is 19.6 Å². The van der Waals surface area contributed by atoms with Gasteiger partial charge in [0.25, 0.3) is 0 Å². The van der Waals surface area contributed by atoms with Gasteiger partial charge in [0.05, 0.1) is 6.61 Å². The topological polar surface area (TPSA) is 41.5 Å². The molecule has 15 heavy (non-hydrogen) atoms. The molecule has 0 amide bonds. The van der Waals surface area contributed by atoms with Crippen LogP contribution in [0, 0.1) is 5.92 Å². The lowest BCUT2D eigenvalue weighted by atomic mass is 10.1. The van der Waals surface area contributed by atoms with Crippen LogP contribution in [-0.4, -0.2) is 38.0 Å². The fraction of sp³-hybridized carbons (Fsp3) is 1.00. The van der Waals surface area contributed by atoms with Crippen LogP contribution >= 0.6 is 0 Å². The quantitative estimate of drug-likeness (QED) is 0.586. The minimum atomic E-state index is 0.284. The van der Waals surface area contributed by atoms with Gasteiger partial charge in [-0.15, -0.1) is 0 Å². The minimum Gasteiger partial charge on any atom is -0.396 e. The molecule has 3 heteroatoms. The molecule has 0 aliphatic heterocycles. The van der Waals surface area contributed by atoms with Crippen molar-refractivity contribution in [2.75, 3.05) is 26.9 Å². The molecule has 0 bridgehead atoms. The molecule has 2 atom stereocenters. The summed E-state index contributed by atoms with van der Waals surface area (Å²) < 4.78 is 5.18. The molecule has 0 heterocycles. The third kappa shape index (κ3) is 8.85.